The number of nitrogens with one attached hydrogen (secondary N) is 1. The summed E-state index contributed by atoms with van der Waals surface area (Å²) in [6, 6.07) is 9.53. The van der Waals surface area contributed by atoms with E-state index in [0.29, 0.717) is 16.8 Å². The van der Waals surface area contributed by atoms with Crippen molar-refractivity contribution >= 4 is 11.9 Å². The number of amides is 1. The number of imidazole rings is 2. The van der Waals surface area contributed by atoms with E-state index in [1.54, 1.807) is 4.57 Å². The van der Waals surface area contributed by atoms with Gasteiger partial charge in [-0.2, -0.15) is 13.2 Å². The van der Waals surface area contributed by atoms with Crippen LogP contribution in [0.25, 0.3) is 11.3 Å². The molecule has 0 saturated heterocycles. The van der Waals surface area contributed by atoms with Crippen molar-refractivity contribution < 1.29 is 27.5 Å². The molecular weight excluding hydrogens is 415 g/mol. The number of esters is 1. The Morgan fingerprint density at radius 1 is 1.13 bits per heavy atom. The van der Waals surface area contributed by atoms with Crippen LogP contribution in [0, 0.1) is 0 Å². The van der Waals surface area contributed by atoms with E-state index in [4.69, 9.17) is 0 Å². The second kappa shape index (κ2) is 8.62. The summed E-state index contributed by atoms with van der Waals surface area (Å²) >= 11 is 0. The number of nitrogens with zero attached hydrogens (tertiary/aromatic N) is 4. The van der Waals surface area contributed by atoms with E-state index in [9.17, 15) is 22.8 Å². The van der Waals surface area contributed by atoms with Crippen molar-refractivity contribution in [3.63, 3.8) is 0 Å². The first-order valence-electron chi connectivity index (χ1n) is 9.21. The number of ether oxygens (including phenoxy) is 1. The Morgan fingerprint density at radius 3 is 2.42 bits per heavy atom. The highest BCUT2D eigenvalue weighted by Gasteiger charge is 2.40. The number of alkyl halides is 3. The molecule has 1 aromatic carbocycles. The van der Waals surface area contributed by atoms with Crippen LogP contribution in [0.1, 0.15) is 32.6 Å². The van der Waals surface area contributed by atoms with Gasteiger partial charge in [-0.15, -0.1) is 0 Å². The Hall–Kier alpha value is -3.63. The van der Waals surface area contributed by atoms with E-state index < -0.39 is 35.3 Å². The fourth-order valence-electron chi connectivity index (χ4n) is 3.11. The molecule has 0 aliphatic rings. The lowest BCUT2D eigenvalue weighted by Crippen LogP contribution is -2.30. The summed E-state index contributed by atoms with van der Waals surface area (Å²) in [4.78, 5) is 32.2. The summed E-state index contributed by atoms with van der Waals surface area (Å²) in [7, 11) is 3.82. The lowest BCUT2D eigenvalue weighted by molar-refractivity contribution is -0.146. The number of hydrogen-bond acceptors (Lipinski definition) is 5. The van der Waals surface area contributed by atoms with Gasteiger partial charge in [0.2, 0.25) is 5.82 Å². The van der Waals surface area contributed by atoms with Gasteiger partial charge in [0.1, 0.15) is 11.5 Å². The number of rotatable bonds is 6. The van der Waals surface area contributed by atoms with Gasteiger partial charge in [-0.25, -0.2) is 14.8 Å². The van der Waals surface area contributed by atoms with Gasteiger partial charge in [-0.05, 0) is 0 Å². The molecule has 1 amide bonds. The van der Waals surface area contributed by atoms with Gasteiger partial charge in [0.15, 0.2) is 5.69 Å². The molecule has 0 saturated carbocycles. The number of methoxy groups -OCH3 is 1. The van der Waals surface area contributed by atoms with Gasteiger partial charge in [0.05, 0.1) is 12.8 Å². The average Bonchev–Trinajstić information content (AvgIpc) is 3.28. The van der Waals surface area contributed by atoms with Crippen molar-refractivity contribution in [2.45, 2.75) is 12.6 Å². The van der Waals surface area contributed by atoms with E-state index in [1.807, 2.05) is 43.6 Å². The third-order valence-electron chi connectivity index (χ3n) is 4.62. The molecule has 0 unspecified atom stereocenters. The SMILES string of the molecule is COC(=O)c1nc(C(F)(F)F)n(C)c1C(=O)NCCc1nc(-c2ccccc2)cn1C. The van der Waals surface area contributed by atoms with Gasteiger partial charge >= 0.3 is 12.1 Å². The van der Waals surface area contributed by atoms with Gasteiger partial charge in [0.25, 0.3) is 5.91 Å². The molecule has 164 valence electrons. The zero-order valence-corrected chi connectivity index (χ0v) is 17.0. The Bertz CT molecular complexity index is 1100. The van der Waals surface area contributed by atoms with E-state index in [-0.39, 0.29) is 6.54 Å². The van der Waals surface area contributed by atoms with Crippen LogP contribution in [0.4, 0.5) is 13.2 Å². The van der Waals surface area contributed by atoms with Gasteiger partial charge < -0.3 is 19.2 Å². The van der Waals surface area contributed by atoms with Crippen molar-refractivity contribution in [1.82, 2.24) is 24.4 Å². The van der Waals surface area contributed by atoms with Crippen molar-refractivity contribution in [3.05, 3.63) is 59.6 Å². The fourth-order valence-corrected chi connectivity index (χ4v) is 3.11. The number of benzene rings is 1. The molecule has 0 aliphatic carbocycles. The number of aryl methyl sites for hydroxylation is 1. The first kappa shape index (κ1) is 22.1. The molecule has 8 nitrogen and oxygen atoms in total. The normalized spacial score (nSPS) is 11.4. The molecule has 31 heavy (non-hydrogen) atoms. The van der Waals surface area contributed by atoms with E-state index in [1.165, 1.54) is 0 Å². The minimum atomic E-state index is -4.84. The molecule has 0 atom stereocenters. The number of halogens is 3. The van der Waals surface area contributed by atoms with Crippen LogP contribution in [0.15, 0.2) is 36.5 Å². The van der Waals surface area contributed by atoms with Crippen LogP contribution in [0.2, 0.25) is 0 Å². The summed E-state index contributed by atoms with van der Waals surface area (Å²) in [6.45, 7) is 0.0884. The van der Waals surface area contributed by atoms with Crippen LogP contribution in [-0.4, -0.2) is 44.6 Å². The third kappa shape index (κ3) is 4.60. The second-order valence-corrected chi connectivity index (χ2v) is 6.71. The van der Waals surface area contributed by atoms with Crippen LogP contribution >= 0.6 is 0 Å². The smallest absolute Gasteiger partial charge is 0.449 e. The number of aromatic nitrogens is 4. The summed E-state index contributed by atoms with van der Waals surface area (Å²) in [5.41, 5.74) is 0.478. The van der Waals surface area contributed by atoms with Crippen LogP contribution < -0.4 is 5.32 Å². The van der Waals surface area contributed by atoms with Crippen LogP contribution in [-0.2, 0) is 31.4 Å². The van der Waals surface area contributed by atoms with Gasteiger partial charge in [-0.3, -0.25) is 4.79 Å². The molecule has 0 aliphatic heterocycles. The predicted octanol–water partition coefficient (Wildman–Crippen LogP) is 2.60. The largest absolute Gasteiger partial charge is 0.464 e. The first-order valence-corrected chi connectivity index (χ1v) is 9.21. The molecular formula is C20H20F3N5O3. The highest BCUT2D eigenvalue weighted by Crippen LogP contribution is 2.30. The topological polar surface area (TPSA) is 91.0 Å². The molecule has 1 N–H and O–H groups in total. The van der Waals surface area contributed by atoms with Crippen molar-refractivity contribution in [2.24, 2.45) is 14.1 Å². The number of carbonyl (C=O) groups excluding carboxylic acids is 2. The highest BCUT2D eigenvalue weighted by atomic mass is 19.4. The Labute approximate surface area is 175 Å². The number of hydrogen-bond donors (Lipinski definition) is 1. The standard InChI is InChI=1S/C20H20F3N5O3/c1-27-11-13(12-7-5-4-6-8-12)25-14(27)9-10-24-17(29)16-15(18(30)31-3)26-19(28(16)2)20(21,22)23/h4-8,11H,9-10H2,1-3H3,(H,24,29). The molecule has 0 bridgehead atoms. The fraction of sp³-hybridized carbons (Fsp3) is 0.300. The van der Waals surface area contributed by atoms with E-state index in [2.05, 4.69) is 20.0 Å². The maximum absolute atomic E-state index is 13.2. The summed E-state index contributed by atoms with van der Waals surface area (Å²) in [6.07, 6.45) is -2.66. The Balaban J connectivity index is 1.75. The number of carbonyl (C=O) groups is 2. The minimum absolute atomic E-state index is 0.0884. The van der Waals surface area contributed by atoms with Crippen molar-refractivity contribution in [3.8, 4) is 11.3 Å². The Morgan fingerprint density at radius 2 is 1.81 bits per heavy atom. The average molecular weight is 435 g/mol. The van der Waals surface area contributed by atoms with Crippen LogP contribution in [0.5, 0.6) is 0 Å². The minimum Gasteiger partial charge on any atom is -0.464 e. The zero-order chi connectivity index (χ0) is 22.8. The first-order chi connectivity index (χ1) is 14.6. The summed E-state index contributed by atoms with van der Waals surface area (Å²) < 4.78 is 46.3. The van der Waals surface area contributed by atoms with E-state index >= 15 is 0 Å². The second-order valence-electron chi connectivity index (χ2n) is 6.71. The van der Waals surface area contributed by atoms with Gasteiger partial charge in [-0.1, -0.05) is 30.3 Å². The predicted molar refractivity (Wildman–Crippen MR) is 104 cm³/mol. The Kier molecular flexibility index (Phi) is 6.14. The van der Waals surface area contributed by atoms with Gasteiger partial charge in [0, 0.05) is 38.8 Å². The van der Waals surface area contributed by atoms with Crippen molar-refractivity contribution in [2.75, 3.05) is 13.7 Å². The van der Waals surface area contributed by atoms with Crippen LogP contribution in [0.3, 0.4) is 0 Å². The quantitative estimate of drug-likeness (QED) is 0.601. The third-order valence-corrected chi connectivity index (χ3v) is 4.62. The molecule has 11 heteroatoms. The molecule has 2 heterocycles. The highest BCUT2D eigenvalue weighted by molar-refractivity contribution is 6.03. The molecule has 0 fully saturated rings. The molecule has 3 rings (SSSR count). The lowest BCUT2D eigenvalue weighted by atomic mass is 10.2. The molecule has 2 aromatic heterocycles. The maximum atomic E-state index is 13.2. The van der Waals surface area contributed by atoms with Crippen molar-refractivity contribution in [1.29, 1.82) is 0 Å². The summed E-state index contributed by atoms with van der Waals surface area (Å²) in [5.74, 6) is -2.70. The maximum Gasteiger partial charge on any atom is 0.449 e. The summed E-state index contributed by atoms with van der Waals surface area (Å²) in [5, 5.41) is 2.52. The lowest BCUT2D eigenvalue weighted by Gasteiger charge is -2.09. The molecule has 0 radical (unpaired) electrons. The molecule has 3 aromatic rings. The zero-order valence-electron chi connectivity index (χ0n) is 17.0. The van der Waals surface area contributed by atoms with E-state index in [0.717, 1.165) is 25.4 Å². The monoisotopic (exact) mass is 435 g/mol. The molecule has 0 spiro atoms.